The molecule has 1 saturated heterocycles. The van der Waals surface area contributed by atoms with Crippen LogP contribution in [0.4, 0.5) is 0 Å². The molecule has 1 rings (SSSR count). The van der Waals surface area contributed by atoms with Crippen molar-refractivity contribution in [2.24, 2.45) is 11.7 Å². The molecule has 1 aliphatic heterocycles. The lowest BCUT2D eigenvalue weighted by molar-refractivity contribution is -0.141. The van der Waals surface area contributed by atoms with E-state index in [9.17, 15) is 4.79 Å². The zero-order valence-corrected chi connectivity index (χ0v) is 6.13. The molecule has 3 N–H and O–H groups in total. The maximum atomic E-state index is 10.3. The first-order valence-electron chi connectivity index (χ1n) is 2.78. The number of halogens is 1. The third kappa shape index (κ3) is 1.83. The summed E-state index contributed by atoms with van der Waals surface area (Å²) in [5.41, 5.74) is 5.37. The molecule has 1 aliphatic rings. The molecule has 0 spiro atoms. The average molecular weight is 168 g/mol. The first-order valence-corrected chi connectivity index (χ1v) is 2.78. The largest absolute Gasteiger partial charge is 0.481 e. The predicted octanol–water partition coefficient (Wildman–Crippen LogP) is -0.534. The van der Waals surface area contributed by atoms with Crippen LogP contribution in [0.3, 0.4) is 0 Å². The Balaban J connectivity index is 0.000000810. The Morgan fingerprint density at radius 1 is 1.60 bits per heavy atom. The highest BCUT2D eigenvalue weighted by molar-refractivity contribution is 5.85. The molecule has 0 aromatic heterocycles. The minimum atomic E-state index is -0.861. The van der Waals surface area contributed by atoms with Gasteiger partial charge in [-0.05, 0) is 0 Å². The second-order valence-corrected chi connectivity index (χ2v) is 2.15. The van der Waals surface area contributed by atoms with Crippen LogP contribution in [0, 0.1) is 5.92 Å². The Morgan fingerprint density at radius 2 is 2.20 bits per heavy atom. The van der Waals surface area contributed by atoms with E-state index in [1.165, 1.54) is 0 Å². The topological polar surface area (TPSA) is 72.5 Å². The van der Waals surface area contributed by atoms with E-state index in [-0.39, 0.29) is 25.1 Å². The number of carboxylic acid groups (broad SMARTS) is 1. The number of carboxylic acids is 1. The highest BCUT2D eigenvalue weighted by Gasteiger charge is 2.30. The summed E-state index contributed by atoms with van der Waals surface area (Å²) in [5.74, 6) is -1.36. The van der Waals surface area contributed by atoms with Crippen LogP contribution >= 0.6 is 12.4 Å². The van der Waals surface area contributed by atoms with Gasteiger partial charge in [0.2, 0.25) is 0 Å². The van der Waals surface area contributed by atoms with Gasteiger partial charge in [-0.3, -0.25) is 4.79 Å². The number of carbonyl (C=O) groups is 1. The minimum absolute atomic E-state index is 0. The number of ether oxygens (including phenoxy) is 1. The van der Waals surface area contributed by atoms with E-state index in [2.05, 4.69) is 0 Å². The Kier molecular flexibility index (Phi) is 3.63. The van der Waals surface area contributed by atoms with Gasteiger partial charge in [-0.2, -0.15) is 0 Å². The van der Waals surface area contributed by atoms with Gasteiger partial charge in [-0.1, -0.05) is 0 Å². The van der Waals surface area contributed by atoms with Crippen LogP contribution in [0.2, 0.25) is 0 Å². The summed E-state index contributed by atoms with van der Waals surface area (Å²) in [6.45, 7) is 0.632. The third-order valence-electron chi connectivity index (χ3n) is 1.44. The number of hydrogen-bond donors (Lipinski definition) is 2. The second kappa shape index (κ2) is 3.75. The predicted molar refractivity (Wildman–Crippen MR) is 37.2 cm³/mol. The molecule has 0 amide bonds. The molecule has 60 valence electrons. The van der Waals surface area contributed by atoms with Crippen molar-refractivity contribution in [3.8, 4) is 0 Å². The molecular formula is C5H10ClNO3. The summed E-state index contributed by atoms with van der Waals surface area (Å²) in [4.78, 5) is 10.3. The van der Waals surface area contributed by atoms with Crippen LogP contribution in [0.1, 0.15) is 0 Å². The molecule has 4 nitrogen and oxygen atoms in total. The van der Waals surface area contributed by atoms with Crippen LogP contribution in [0.5, 0.6) is 0 Å². The summed E-state index contributed by atoms with van der Waals surface area (Å²) in [6, 6.07) is -0.317. The van der Waals surface area contributed by atoms with E-state index in [0.717, 1.165) is 0 Å². The molecule has 0 aromatic carbocycles. The van der Waals surface area contributed by atoms with Crippen molar-refractivity contribution in [1.82, 2.24) is 0 Å². The lowest BCUT2D eigenvalue weighted by Gasteiger charge is -2.04. The fourth-order valence-electron chi connectivity index (χ4n) is 0.825. The lowest BCUT2D eigenvalue weighted by Crippen LogP contribution is -2.33. The zero-order valence-electron chi connectivity index (χ0n) is 5.32. The fourth-order valence-corrected chi connectivity index (χ4v) is 0.825. The summed E-state index contributed by atoms with van der Waals surface area (Å²) < 4.78 is 4.82. The summed E-state index contributed by atoms with van der Waals surface area (Å²) in [6.07, 6.45) is 0. The summed E-state index contributed by atoms with van der Waals surface area (Å²) >= 11 is 0. The van der Waals surface area contributed by atoms with Crippen molar-refractivity contribution in [3.05, 3.63) is 0 Å². The number of hydrogen-bond acceptors (Lipinski definition) is 3. The monoisotopic (exact) mass is 167 g/mol. The average Bonchev–Trinajstić information content (AvgIpc) is 2.13. The van der Waals surface area contributed by atoms with Crippen LogP contribution < -0.4 is 5.73 Å². The van der Waals surface area contributed by atoms with Crippen LogP contribution in [0.15, 0.2) is 0 Å². The SMILES string of the molecule is Cl.N[C@@H]1COC[C@@H]1C(=O)O. The van der Waals surface area contributed by atoms with E-state index >= 15 is 0 Å². The fraction of sp³-hybridized carbons (Fsp3) is 0.800. The van der Waals surface area contributed by atoms with Gasteiger partial charge in [0, 0.05) is 6.04 Å². The maximum Gasteiger partial charge on any atom is 0.310 e. The van der Waals surface area contributed by atoms with E-state index < -0.39 is 11.9 Å². The number of aliphatic carboxylic acids is 1. The van der Waals surface area contributed by atoms with Gasteiger partial charge in [0.05, 0.1) is 19.1 Å². The summed E-state index contributed by atoms with van der Waals surface area (Å²) in [5, 5.41) is 8.42. The Bertz CT molecular complexity index is 130. The van der Waals surface area contributed by atoms with Gasteiger partial charge in [0.15, 0.2) is 0 Å². The Labute approximate surface area is 64.8 Å². The van der Waals surface area contributed by atoms with E-state index in [4.69, 9.17) is 15.6 Å². The molecule has 0 radical (unpaired) electrons. The molecular weight excluding hydrogens is 158 g/mol. The molecule has 2 atom stereocenters. The molecule has 0 saturated carbocycles. The van der Waals surface area contributed by atoms with Gasteiger partial charge in [0.25, 0.3) is 0 Å². The molecule has 0 unspecified atom stereocenters. The quantitative estimate of drug-likeness (QED) is 0.551. The first kappa shape index (κ1) is 9.68. The molecule has 1 fully saturated rings. The lowest BCUT2D eigenvalue weighted by atomic mass is 10.1. The summed E-state index contributed by atoms with van der Waals surface area (Å²) in [7, 11) is 0. The molecule has 5 heteroatoms. The maximum absolute atomic E-state index is 10.3. The second-order valence-electron chi connectivity index (χ2n) is 2.15. The Hall–Kier alpha value is -0.320. The highest BCUT2D eigenvalue weighted by atomic mass is 35.5. The zero-order chi connectivity index (χ0) is 6.85. The van der Waals surface area contributed by atoms with Crippen molar-refractivity contribution < 1.29 is 14.6 Å². The van der Waals surface area contributed by atoms with E-state index in [1.807, 2.05) is 0 Å². The Morgan fingerprint density at radius 3 is 2.40 bits per heavy atom. The smallest absolute Gasteiger partial charge is 0.310 e. The first-order chi connectivity index (χ1) is 4.22. The van der Waals surface area contributed by atoms with Crippen LogP contribution in [0.25, 0.3) is 0 Å². The van der Waals surface area contributed by atoms with Crippen molar-refractivity contribution in [1.29, 1.82) is 0 Å². The molecule has 0 aromatic rings. The van der Waals surface area contributed by atoms with Crippen molar-refractivity contribution >= 4 is 18.4 Å². The van der Waals surface area contributed by atoms with Gasteiger partial charge in [0.1, 0.15) is 0 Å². The number of nitrogens with two attached hydrogens (primary N) is 1. The van der Waals surface area contributed by atoms with Crippen LogP contribution in [-0.4, -0.2) is 30.3 Å². The van der Waals surface area contributed by atoms with Gasteiger partial charge in [-0.25, -0.2) is 0 Å². The minimum Gasteiger partial charge on any atom is -0.481 e. The van der Waals surface area contributed by atoms with Crippen LogP contribution in [-0.2, 0) is 9.53 Å². The van der Waals surface area contributed by atoms with Gasteiger partial charge < -0.3 is 15.6 Å². The standard InChI is InChI=1S/C5H9NO3.ClH/c6-4-2-9-1-3(4)5(7)8;/h3-4H,1-2,6H2,(H,7,8);1H/t3-,4+;/m0./s1. The normalized spacial score (nSPS) is 31.3. The van der Waals surface area contributed by atoms with E-state index in [1.54, 1.807) is 0 Å². The van der Waals surface area contributed by atoms with Crippen molar-refractivity contribution in [2.75, 3.05) is 13.2 Å². The highest BCUT2D eigenvalue weighted by Crippen LogP contribution is 2.10. The molecule has 1 heterocycles. The molecule has 0 aliphatic carbocycles. The molecule has 10 heavy (non-hydrogen) atoms. The number of rotatable bonds is 1. The molecule has 0 bridgehead atoms. The van der Waals surface area contributed by atoms with Gasteiger partial charge in [-0.15, -0.1) is 12.4 Å². The van der Waals surface area contributed by atoms with Crippen molar-refractivity contribution in [2.45, 2.75) is 6.04 Å². The van der Waals surface area contributed by atoms with Gasteiger partial charge >= 0.3 is 5.97 Å². The van der Waals surface area contributed by atoms with Crippen molar-refractivity contribution in [3.63, 3.8) is 0 Å². The van der Waals surface area contributed by atoms with E-state index in [0.29, 0.717) is 6.61 Å². The third-order valence-corrected chi connectivity index (χ3v) is 1.44.